The first-order chi connectivity index (χ1) is 13.2. The van der Waals surface area contributed by atoms with E-state index in [2.05, 4.69) is 10.3 Å². The Hall–Kier alpha value is -3.73. The van der Waals surface area contributed by atoms with E-state index in [0.29, 0.717) is 19.6 Å². The van der Waals surface area contributed by atoms with E-state index < -0.39 is 6.03 Å². The number of aromatic nitrogens is 3. The number of pyridine rings is 1. The molecule has 0 bridgehead atoms. The van der Waals surface area contributed by atoms with Gasteiger partial charge in [0, 0.05) is 30.1 Å². The molecule has 0 spiro atoms. The molecule has 7 nitrogen and oxygen atoms in total. The van der Waals surface area contributed by atoms with Crippen LogP contribution in [0.4, 0.5) is 9.18 Å². The topological polar surface area (TPSA) is 86.8 Å². The predicted octanol–water partition coefficient (Wildman–Crippen LogP) is 2.76. The molecule has 8 heteroatoms. The van der Waals surface area contributed by atoms with Crippen molar-refractivity contribution < 1.29 is 9.18 Å². The van der Waals surface area contributed by atoms with Crippen molar-refractivity contribution in [3.8, 4) is 28.6 Å². The summed E-state index contributed by atoms with van der Waals surface area (Å²) < 4.78 is 15.2. The fourth-order valence-electron chi connectivity index (χ4n) is 3.25. The number of nitrogens with one attached hydrogen (secondary N) is 1. The maximum Gasteiger partial charge on any atom is 0.330 e. The van der Waals surface area contributed by atoms with Crippen LogP contribution in [-0.2, 0) is 13.1 Å². The highest BCUT2D eigenvalue weighted by Gasteiger charge is 2.28. The molecular weight excluding hydrogens is 347 g/mol. The van der Waals surface area contributed by atoms with E-state index >= 15 is 0 Å². The standard InChI is InChI=1S/C19H15FN6O/c20-15-3-1-14(2-4-15)18-17(13-5-7-22-8-6-13)16-11-25(19(27)23-12-21)9-10-26(16)24-18/h1-8H,9-11H2,(H,23,27). The Labute approximate surface area is 154 Å². The van der Waals surface area contributed by atoms with E-state index in [-0.39, 0.29) is 5.82 Å². The van der Waals surface area contributed by atoms with Gasteiger partial charge < -0.3 is 4.90 Å². The van der Waals surface area contributed by atoms with Gasteiger partial charge in [-0.1, -0.05) is 0 Å². The van der Waals surface area contributed by atoms with Crippen LogP contribution in [0.25, 0.3) is 22.4 Å². The smallest absolute Gasteiger partial charge is 0.316 e. The highest BCUT2D eigenvalue weighted by molar-refractivity contribution is 5.83. The van der Waals surface area contributed by atoms with Crippen molar-refractivity contribution in [3.63, 3.8) is 0 Å². The summed E-state index contributed by atoms with van der Waals surface area (Å²) >= 11 is 0. The Bertz CT molecular complexity index is 1020. The summed E-state index contributed by atoms with van der Waals surface area (Å²) in [6.07, 6.45) is 5.05. The molecule has 0 fully saturated rings. The monoisotopic (exact) mass is 362 g/mol. The normalized spacial score (nSPS) is 13.0. The quantitative estimate of drug-likeness (QED) is 0.561. The van der Waals surface area contributed by atoms with Crippen molar-refractivity contribution in [2.45, 2.75) is 13.1 Å². The fraction of sp³-hybridized carbons (Fsp3) is 0.158. The zero-order valence-corrected chi connectivity index (χ0v) is 14.3. The second kappa shape index (κ2) is 6.88. The molecule has 2 aromatic heterocycles. The molecule has 1 N–H and O–H groups in total. The SMILES string of the molecule is N#CNC(=O)N1CCn2nc(-c3ccc(F)cc3)c(-c3ccncc3)c2C1. The maximum atomic E-state index is 13.4. The van der Waals surface area contributed by atoms with Crippen molar-refractivity contribution in [3.05, 3.63) is 60.3 Å². The minimum absolute atomic E-state index is 0.312. The number of rotatable bonds is 2. The van der Waals surface area contributed by atoms with Crippen molar-refractivity contribution in [2.75, 3.05) is 6.54 Å². The molecule has 27 heavy (non-hydrogen) atoms. The fourth-order valence-corrected chi connectivity index (χ4v) is 3.25. The van der Waals surface area contributed by atoms with Gasteiger partial charge in [-0.15, -0.1) is 0 Å². The summed E-state index contributed by atoms with van der Waals surface area (Å²) in [5.41, 5.74) is 4.16. The van der Waals surface area contributed by atoms with Gasteiger partial charge in [0.2, 0.25) is 0 Å². The van der Waals surface area contributed by atoms with Gasteiger partial charge in [0.15, 0.2) is 6.19 Å². The van der Waals surface area contributed by atoms with Gasteiger partial charge in [0.25, 0.3) is 0 Å². The molecule has 0 saturated carbocycles. The van der Waals surface area contributed by atoms with Crippen LogP contribution < -0.4 is 5.32 Å². The van der Waals surface area contributed by atoms with E-state index in [0.717, 1.165) is 28.1 Å². The number of nitrogens with zero attached hydrogens (tertiary/aromatic N) is 5. The Morgan fingerprint density at radius 3 is 2.56 bits per heavy atom. The Balaban J connectivity index is 1.84. The highest BCUT2D eigenvalue weighted by Crippen LogP contribution is 2.36. The summed E-state index contributed by atoms with van der Waals surface area (Å²) in [6.45, 7) is 1.27. The lowest BCUT2D eigenvalue weighted by Crippen LogP contribution is -2.42. The lowest BCUT2D eigenvalue weighted by atomic mass is 9.99. The molecule has 1 aromatic carbocycles. The van der Waals surface area contributed by atoms with Crippen LogP contribution in [0.1, 0.15) is 5.69 Å². The molecule has 0 atom stereocenters. The Morgan fingerprint density at radius 1 is 1.11 bits per heavy atom. The third-order valence-corrected chi connectivity index (χ3v) is 4.52. The molecule has 0 aliphatic carbocycles. The lowest BCUT2D eigenvalue weighted by molar-refractivity contribution is 0.185. The van der Waals surface area contributed by atoms with Gasteiger partial charge in [-0.05, 0) is 42.0 Å². The molecule has 1 aliphatic rings. The minimum atomic E-state index is -0.436. The highest BCUT2D eigenvalue weighted by atomic mass is 19.1. The summed E-state index contributed by atoms with van der Waals surface area (Å²) in [5, 5.41) is 15.6. The largest absolute Gasteiger partial charge is 0.330 e. The molecule has 2 amide bonds. The summed E-state index contributed by atoms with van der Waals surface area (Å²) in [7, 11) is 0. The number of nitriles is 1. The molecule has 0 unspecified atom stereocenters. The van der Waals surface area contributed by atoms with Crippen LogP contribution in [0, 0.1) is 17.3 Å². The molecule has 3 aromatic rings. The van der Waals surface area contributed by atoms with Crippen LogP contribution in [0.15, 0.2) is 48.8 Å². The van der Waals surface area contributed by atoms with Crippen LogP contribution in [-0.4, -0.2) is 32.2 Å². The van der Waals surface area contributed by atoms with Gasteiger partial charge in [-0.2, -0.15) is 10.4 Å². The first-order valence-corrected chi connectivity index (χ1v) is 8.37. The van der Waals surface area contributed by atoms with Gasteiger partial charge >= 0.3 is 6.03 Å². The Morgan fingerprint density at radius 2 is 1.85 bits per heavy atom. The third kappa shape index (κ3) is 3.11. The van der Waals surface area contributed by atoms with Gasteiger partial charge in [0.05, 0.1) is 18.8 Å². The number of carbonyl (C=O) groups excluding carboxylic acids is 1. The number of hydrogen-bond donors (Lipinski definition) is 1. The van der Waals surface area contributed by atoms with Crippen molar-refractivity contribution in [1.29, 1.82) is 5.26 Å². The molecular formula is C19H15FN6O. The second-order valence-electron chi connectivity index (χ2n) is 6.10. The van der Waals surface area contributed by atoms with E-state index in [1.165, 1.54) is 12.1 Å². The van der Waals surface area contributed by atoms with Crippen LogP contribution in [0.5, 0.6) is 0 Å². The van der Waals surface area contributed by atoms with Crippen molar-refractivity contribution >= 4 is 6.03 Å². The van der Waals surface area contributed by atoms with Crippen LogP contribution in [0.3, 0.4) is 0 Å². The lowest BCUT2D eigenvalue weighted by Gasteiger charge is -2.27. The molecule has 3 heterocycles. The maximum absolute atomic E-state index is 13.4. The summed E-state index contributed by atoms with van der Waals surface area (Å²) in [4.78, 5) is 17.7. The predicted molar refractivity (Wildman–Crippen MR) is 95.4 cm³/mol. The first kappa shape index (κ1) is 16.7. The number of benzene rings is 1. The molecule has 0 saturated heterocycles. The number of fused-ring (bicyclic) bond motifs is 1. The zero-order chi connectivity index (χ0) is 18.8. The van der Waals surface area contributed by atoms with E-state index in [1.54, 1.807) is 35.6 Å². The first-order valence-electron chi connectivity index (χ1n) is 8.37. The van der Waals surface area contributed by atoms with E-state index in [9.17, 15) is 9.18 Å². The average Bonchev–Trinajstić information content (AvgIpc) is 3.08. The van der Waals surface area contributed by atoms with Crippen LogP contribution >= 0.6 is 0 Å². The minimum Gasteiger partial charge on any atom is -0.316 e. The number of hydrogen-bond acceptors (Lipinski definition) is 4. The zero-order valence-electron chi connectivity index (χ0n) is 14.3. The number of urea groups is 1. The summed E-state index contributed by atoms with van der Waals surface area (Å²) in [6, 6.07) is 9.49. The van der Waals surface area contributed by atoms with Gasteiger partial charge in [-0.25, -0.2) is 14.5 Å². The number of carbonyl (C=O) groups is 1. The summed E-state index contributed by atoms with van der Waals surface area (Å²) in [5.74, 6) is -0.312. The molecule has 1 aliphatic heterocycles. The van der Waals surface area contributed by atoms with Crippen molar-refractivity contribution in [1.82, 2.24) is 25.0 Å². The van der Waals surface area contributed by atoms with Gasteiger partial charge in [0.1, 0.15) is 11.5 Å². The van der Waals surface area contributed by atoms with E-state index in [1.807, 2.05) is 16.8 Å². The second-order valence-corrected chi connectivity index (χ2v) is 6.10. The Kier molecular flexibility index (Phi) is 4.26. The average molecular weight is 362 g/mol. The van der Waals surface area contributed by atoms with E-state index in [4.69, 9.17) is 10.4 Å². The van der Waals surface area contributed by atoms with Gasteiger partial charge in [-0.3, -0.25) is 9.67 Å². The number of halogens is 1. The van der Waals surface area contributed by atoms with Crippen LogP contribution in [0.2, 0.25) is 0 Å². The molecule has 0 radical (unpaired) electrons. The molecule has 134 valence electrons. The van der Waals surface area contributed by atoms with Crippen molar-refractivity contribution in [2.24, 2.45) is 0 Å². The number of amides is 2. The molecule has 4 rings (SSSR count). The third-order valence-electron chi connectivity index (χ3n) is 4.52.